The van der Waals surface area contributed by atoms with Crippen LogP contribution in [0, 0.1) is 0 Å². The summed E-state index contributed by atoms with van der Waals surface area (Å²) in [6, 6.07) is 9.29. The lowest BCUT2D eigenvalue weighted by molar-refractivity contribution is 0.317. The van der Waals surface area contributed by atoms with E-state index in [1.54, 1.807) is 13.1 Å². The van der Waals surface area contributed by atoms with Gasteiger partial charge in [0.15, 0.2) is 5.82 Å². The smallest absolute Gasteiger partial charge is 0.151 e. The maximum atomic E-state index is 6.15. The lowest BCUT2D eigenvalue weighted by atomic mass is 10.3. The van der Waals surface area contributed by atoms with E-state index in [1.165, 1.54) is 0 Å². The van der Waals surface area contributed by atoms with Crippen LogP contribution in [0.1, 0.15) is 13.3 Å². The molecule has 2 aromatic rings. The van der Waals surface area contributed by atoms with E-state index in [-0.39, 0.29) is 0 Å². The van der Waals surface area contributed by atoms with Crippen molar-refractivity contribution in [3.63, 3.8) is 0 Å². The number of rotatable bonds is 6. The Bertz CT molecular complexity index is 603. The van der Waals surface area contributed by atoms with Crippen molar-refractivity contribution < 1.29 is 4.74 Å². The van der Waals surface area contributed by atoms with Gasteiger partial charge in [0.1, 0.15) is 11.6 Å². The summed E-state index contributed by atoms with van der Waals surface area (Å²) >= 11 is 12.2. The van der Waals surface area contributed by atoms with Crippen molar-refractivity contribution in [2.45, 2.75) is 13.3 Å². The van der Waals surface area contributed by atoms with Gasteiger partial charge < -0.3 is 15.4 Å². The van der Waals surface area contributed by atoms with Crippen LogP contribution in [0.5, 0.6) is 5.75 Å². The van der Waals surface area contributed by atoms with Crippen molar-refractivity contribution >= 4 is 40.5 Å². The molecule has 0 atom stereocenters. The van der Waals surface area contributed by atoms with E-state index in [0.717, 1.165) is 17.9 Å². The lowest BCUT2D eigenvalue weighted by Gasteiger charge is -2.11. The van der Waals surface area contributed by atoms with Gasteiger partial charge in [-0.2, -0.15) is 0 Å². The minimum atomic E-state index is 0.463. The second-order valence-electron chi connectivity index (χ2n) is 4.40. The molecule has 1 aromatic heterocycles. The number of anilines is 3. The van der Waals surface area contributed by atoms with Crippen LogP contribution in [-0.2, 0) is 0 Å². The highest BCUT2D eigenvalue weighted by molar-refractivity contribution is 6.37. The lowest BCUT2D eigenvalue weighted by Crippen LogP contribution is -2.00. The van der Waals surface area contributed by atoms with E-state index in [0.29, 0.717) is 28.3 Å². The summed E-state index contributed by atoms with van der Waals surface area (Å²) in [5.74, 6) is 1.97. The summed E-state index contributed by atoms with van der Waals surface area (Å²) in [6.07, 6.45) is 0.983. The third-order valence-corrected chi connectivity index (χ3v) is 3.33. The quantitative estimate of drug-likeness (QED) is 0.787. The predicted octanol–water partition coefficient (Wildman–Crippen LogP) is 4.96. The second-order valence-corrected chi connectivity index (χ2v) is 5.21. The van der Waals surface area contributed by atoms with E-state index in [9.17, 15) is 0 Å². The molecule has 0 radical (unpaired) electrons. The van der Waals surface area contributed by atoms with Gasteiger partial charge in [0.05, 0.1) is 16.7 Å². The first-order chi connectivity index (χ1) is 10.1. The molecule has 0 fully saturated rings. The highest BCUT2D eigenvalue weighted by Gasteiger charge is 2.08. The van der Waals surface area contributed by atoms with Gasteiger partial charge in [-0.15, -0.1) is 0 Å². The number of aromatic nitrogens is 1. The Kier molecular flexibility index (Phi) is 5.53. The number of pyridine rings is 1. The van der Waals surface area contributed by atoms with E-state index >= 15 is 0 Å². The van der Waals surface area contributed by atoms with Crippen LogP contribution in [0.4, 0.5) is 17.3 Å². The number of nitrogens with one attached hydrogen (secondary N) is 2. The molecule has 2 N–H and O–H groups in total. The van der Waals surface area contributed by atoms with Gasteiger partial charge in [-0.3, -0.25) is 0 Å². The maximum Gasteiger partial charge on any atom is 0.151 e. The van der Waals surface area contributed by atoms with E-state index in [2.05, 4.69) is 22.5 Å². The Labute approximate surface area is 134 Å². The van der Waals surface area contributed by atoms with Crippen LogP contribution >= 0.6 is 23.2 Å². The molecule has 1 heterocycles. The molecule has 0 aliphatic carbocycles. The van der Waals surface area contributed by atoms with Crippen LogP contribution in [0.3, 0.4) is 0 Å². The highest BCUT2D eigenvalue weighted by Crippen LogP contribution is 2.31. The molecule has 0 bridgehead atoms. The van der Waals surface area contributed by atoms with Gasteiger partial charge in [-0.05, 0) is 36.8 Å². The molecule has 0 saturated carbocycles. The molecule has 0 saturated heterocycles. The monoisotopic (exact) mass is 325 g/mol. The van der Waals surface area contributed by atoms with Crippen LogP contribution in [0.25, 0.3) is 0 Å². The number of nitrogens with zero attached hydrogens (tertiary/aromatic N) is 1. The third-order valence-electron chi connectivity index (χ3n) is 2.76. The fraction of sp³-hybridized carbons (Fsp3) is 0.267. The Morgan fingerprint density at radius 3 is 2.38 bits per heavy atom. The van der Waals surface area contributed by atoms with Gasteiger partial charge in [0.25, 0.3) is 0 Å². The van der Waals surface area contributed by atoms with Crippen molar-refractivity contribution in [3.8, 4) is 5.75 Å². The SMILES string of the molecule is CCCOc1ccc(Nc2nc(NC)c(Cl)cc2Cl)cc1. The first kappa shape index (κ1) is 15.7. The molecular formula is C15H17Cl2N3O. The summed E-state index contributed by atoms with van der Waals surface area (Å²) in [5.41, 5.74) is 0.873. The molecule has 0 aliphatic rings. The average molecular weight is 326 g/mol. The molecule has 2 rings (SSSR count). The Morgan fingerprint density at radius 1 is 1.10 bits per heavy atom. The second kappa shape index (κ2) is 7.38. The summed E-state index contributed by atoms with van der Waals surface area (Å²) in [7, 11) is 1.76. The molecule has 1 aromatic carbocycles. The molecule has 0 amide bonds. The average Bonchev–Trinajstić information content (AvgIpc) is 2.49. The Balaban J connectivity index is 2.14. The summed E-state index contributed by atoms with van der Waals surface area (Å²) < 4.78 is 5.54. The Hall–Kier alpha value is -1.65. The molecule has 0 spiro atoms. The zero-order valence-electron chi connectivity index (χ0n) is 11.9. The predicted molar refractivity (Wildman–Crippen MR) is 89.3 cm³/mol. The van der Waals surface area contributed by atoms with Crippen molar-refractivity contribution in [1.29, 1.82) is 0 Å². The fourth-order valence-corrected chi connectivity index (χ4v) is 2.22. The molecule has 0 unspecified atom stereocenters. The van der Waals surface area contributed by atoms with Gasteiger partial charge in [0.2, 0.25) is 0 Å². The van der Waals surface area contributed by atoms with Crippen molar-refractivity contribution in [2.75, 3.05) is 24.3 Å². The van der Waals surface area contributed by atoms with Gasteiger partial charge in [-0.25, -0.2) is 4.98 Å². The van der Waals surface area contributed by atoms with Crippen LogP contribution in [0.15, 0.2) is 30.3 Å². The molecule has 4 nitrogen and oxygen atoms in total. The summed E-state index contributed by atoms with van der Waals surface area (Å²) in [4.78, 5) is 4.34. The topological polar surface area (TPSA) is 46.2 Å². The first-order valence-corrected chi connectivity index (χ1v) is 7.43. The summed E-state index contributed by atoms with van der Waals surface area (Å²) in [5, 5.41) is 7.03. The first-order valence-electron chi connectivity index (χ1n) is 6.67. The number of hydrogen-bond donors (Lipinski definition) is 2. The zero-order valence-corrected chi connectivity index (χ0v) is 13.4. The van der Waals surface area contributed by atoms with Crippen LogP contribution < -0.4 is 15.4 Å². The molecule has 0 aliphatic heterocycles. The number of benzene rings is 1. The standard InChI is InChI=1S/C15H17Cl2N3O/c1-3-8-21-11-6-4-10(5-7-11)19-15-13(17)9-12(16)14(18-2)20-15/h4-7,9H,3,8H2,1-2H3,(H2,18,19,20). The third kappa shape index (κ3) is 4.16. The molecule has 112 valence electrons. The number of halogens is 2. The van der Waals surface area contributed by atoms with Crippen molar-refractivity contribution in [3.05, 3.63) is 40.4 Å². The van der Waals surface area contributed by atoms with Crippen molar-refractivity contribution in [1.82, 2.24) is 4.98 Å². The normalized spacial score (nSPS) is 10.3. The van der Waals surface area contributed by atoms with Gasteiger partial charge in [-0.1, -0.05) is 30.1 Å². The maximum absolute atomic E-state index is 6.15. The van der Waals surface area contributed by atoms with Crippen LogP contribution in [-0.4, -0.2) is 18.6 Å². The molecule has 6 heteroatoms. The van der Waals surface area contributed by atoms with E-state index in [1.807, 2.05) is 24.3 Å². The largest absolute Gasteiger partial charge is 0.494 e. The van der Waals surface area contributed by atoms with Gasteiger partial charge >= 0.3 is 0 Å². The van der Waals surface area contributed by atoms with E-state index < -0.39 is 0 Å². The number of ether oxygens (including phenoxy) is 1. The Morgan fingerprint density at radius 2 is 1.76 bits per heavy atom. The van der Waals surface area contributed by atoms with Crippen LogP contribution in [0.2, 0.25) is 10.0 Å². The minimum absolute atomic E-state index is 0.463. The van der Waals surface area contributed by atoms with Crippen molar-refractivity contribution in [2.24, 2.45) is 0 Å². The zero-order chi connectivity index (χ0) is 15.2. The minimum Gasteiger partial charge on any atom is -0.494 e. The van der Waals surface area contributed by atoms with Gasteiger partial charge in [0, 0.05) is 12.7 Å². The fourth-order valence-electron chi connectivity index (χ4n) is 1.72. The number of hydrogen-bond acceptors (Lipinski definition) is 4. The molecule has 21 heavy (non-hydrogen) atoms. The summed E-state index contributed by atoms with van der Waals surface area (Å²) in [6.45, 7) is 2.78. The molecular weight excluding hydrogens is 309 g/mol. The van der Waals surface area contributed by atoms with E-state index in [4.69, 9.17) is 27.9 Å². The highest BCUT2D eigenvalue weighted by atomic mass is 35.5.